The molecule has 234 valence electrons. The van der Waals surface area contributed by atoms with E-state index in [0.29, 0.717) is 19.4 Å². The highest BCUT2D eigenvalue weighted by molar-refractivity contribution is 5.84. The second kappa shape index (κ2) is 16.8. The summed E-state index contributed by atoms with van der Waals surface area (Å²) in [5, 5.41) is 12.9. The molecule has 7 heteroatoms. The number of benzene rings is 4. The number of nitrogens with zero attached hydrogens (tertiary/aromatic N) is 1. The van der Waals surface area contributed by atoms with E-state index in [2.05, 4.69) is 5.32 Å². The summed E-state index contributed by atoms with van der Waals surface area (Å²) in [6, 6.07) is 35.5. The average molecular weight is 607 g/mol. The van der Waals surface area contributed by atoms with E-state index in [9.17, 15) is 19.5 Å². The van der Waals surface area contributed by atoms with Crippen molar-refractivity contribution >= 4 is 18.0 Å². The monoisotopic (exact) mass is 606 g/mol. The normalized spacial score (nSPS) is 12.2. The zero-order valence-corrected chi connectivity index (χ0v) is 26.0. The highest BCUT2D eigenvalue weighted by Crippen LogP contribution is 2.20. The average Bonchev–Trinajstić information content (AvgIpc) is 3.06. The molecule has 0 spiro atoms. The first kappa shape index (κ1) is 33.0. The topological polar surface area (TPSA) is 95.9 Å². The zero-order valence-electron chi connectivity index (χ0n) is 26.0. The van der Waals surface area contributed by atoms with Gasteiger partial charge in [0.25, 0.3) is 0 Å². The van der Waals surface area contributed by atoms with Gasteiger partial charge in [-0.1, -0.05) is 129 Å². The Kier molecular flexibility index (Phi) is 12.3. The summed E-state index contributed by atoms with van der Waals surface area (Å²) < 4.78 is 5.66. The standard InChI is InChI=1S/C38H42N2O5/c1-28(2)25-40(26-34(36(41)42)23-18-29-12-6-3-7-13-29)38(44)39-35(37(43)45-27-31-14-8-4-9-15-31)24-30-19-21-33(22-20-30)32-16-10-5-11-17-32/h3-17,19-22,28,34-35H,18,23-27H2,1-2H3,(H,39,44)(H,41,42)/t34?,35-/m0/s1. The van der Waals surface area contributed by atoms with Gasteiger partial charge in [0.1, 0.15) is 12.6 Å². The first-order valence-electron chi connectivity index (χ1n) is 15.5. The molecule has 45 heavy (non-hydrogen) atoms. The number of urea groups is 1. The Balaban J connectivity index is 1.50. The van der Waals surface area contributed by atoms with Crippen LogP contribution in [0.5, 0.6) is 0 Å². The van der Waals surface area contributed by atoms with Gasteiger partial charge in [0.2, 0.25) is 0 Å². The van der Waals surface area contributed by atoms with Crippen molar-refractivity contribution in [1.82, 2.24) is 10.2 Å². The summed E-state index contributed by atoms with van der Waals surface area (Å²) in [5.41, 5.74) is 4.87. The van der Waals surface area contributed by atoms with Crippen LogP contribution >= 0.6 is 0 Å². The lowest BCUT2D eigenvalue weighted by Crippen LogP contribution is -2.51. The van der Waals surface area contributed by atoms with Crippen molar-refractivity contribution < 1.29 is 24.2 Å². The van der Waals surface area contributed by atoms with Gasteiger partial charge in [0.15, 0.2) is 0 Å². The van der Waals surface area contributed by atoms with Crippen LogP contribution in [0.25, 0.3) is 11.1 Å². The van der Waals surface area contributed by atoms with Crippen molar-refractivity contribution in [3.05, 3.63) is 132 Å². The van der Waals surface area contributed by atoms with Gasteiger partial charge in [0.05, 0.1) is 5.92 Å². The second-order valence-electron chi connectivity index (χ2n) is 11.7. The number of hydrogen-bond acceptors (Lipinski definition) is 4. The number of nitrogens with one attached hydrogen (secondary N) is 1. The van der Waals surface area contributed by atoms with E-state index in [4.69, 9.17) is 4.74 Å². The molecule has 0 saturated carbocycles. The lowest BCUT2D eigenvalue weighted by atomic mass is 9.98. The van der Waals surface area contributed by atoms with E-state index in [1.54, 1.807) is 0 Å². The lowest BCUT2D eigenvalue weighted by Gasteiger charge is -2.29. The Morgan fingerprint density at radius 1 is 0.711 bits per heavy atom. The molecular formula is C38H42N2O5. The fourth-order valence-electron chi connectivity index (χ4n) is 5.19. The summed E-state index contributed by atoms with van der Waals surface area (Å²) in [5.74, 6) is -2.18. The molecule has 0 heterocycles. The van der Waals surface area contributed by atoms with Gasteiger partial charge < -0.3 is 20.1 Å². The Morgan fingerprint density at radius 3 is 1.84 bits per heavy atom. The Bertz CT molecular complexity index is 1490. The van der Waals surface area contributed by atoms with Crippen molar-refractivity contribution in [2.45, 2.75) is 45.8 Å². The van der Waals surface area contributed by atoms with Crippen LogP contribution in [-0.4, -0.2) is 47.1 Å². The zero-order chi connectivity index (χ0) is 32.0. The van der Waals surface area contributed by atoms with Crippen LogP contribution in [0.3, 0.4) is 0 Å². The van der Waals surface area contributed by atoms with Crippen molar-refractivity contribution in [2.75, 3.05) is 13.1 Å². The summed E-state index contributed by atoms with van der Waals surface area (Å²) in [4.78, 5) is 40.9. The maximum absolute atomic E-state index is 13.7. The van der Waals surface area contributed by atoms with Gasteiger partial charge in [-0.05, 0) is 46.6 Å². The number of aliphatic carboxylic acids is 1. The first-order valence-corrected chi connectivity index (χ1v) is 15.5. The minimum absolute atomic E-state index is 0.0315. The summed E-state index contributed by atoms with van der Waals surface area (Å²) in [7, 11) is 0. The Labute approximate surface area is 265 Å². The predicted octanol–water partition coefficient (Wildman–Crippen LogP) is 7.01. The van der Waals surface area contributed by atoms with Crippen molar-refractivity contribution in [2.24, 2.45) is 11.8 Å². The molecule has 4 rings (SSSR count). The van der Waals surface area contributed by atoms with E-state index in [0.717, 1.165) is 27.8 Å². The molecule has 0 bridgehead atoms. The van der Waals surface area contributed by atoms with Crippen LogP contribution < -0.4 is 5.32 Å². The van der Waals surface area contributed by atoms with E-state index in [-0.39, 0.29) is 25.5 Å². The first-order chi connectivity index (χ1) is 21.8. The lowest BCUT2D eigenvalue weighted by molar-refractivity contribution is -0.147. The molecule has 0 aliphatic heterocycles. The number of rotatable bonds is 15. The molecule has 4 aromatic rings. The number of carboxylic acids is 1. The molecule has 2 atom stereocenters. The van der Waals surface area contributed by atoms with Crippen molar-refractivity contribution in [3.63, 3.8) is 0 Å². The minimum atomic E-state index is -0.967. The molecule has 0 radical (unpaired) electrons. The summed E-state index contributed by atoms with van der Waals surface area (Å²) >= 11 is 0. The van der Waals surface area contributed by atoms with Gasteiger partial charge in [0, 0.05) is 19.5 Å². The van der Waals surface area contributed by atoms with E-state index < -0.39 is 29.9 Å². The number of amides is 2. The molecule has 7 nitrogen and oxygen atoms in total. The fraction of sp³-hybridized carbons (Fsp3) is 0.289. The Hall–Kier alpha value is -4.91. The van der Waals surface area contributed by atoms with Crippen LogP contribution in [-0.2, 0) is 33.8 Å². The van der Waals surface area contributed by atoms with Crippen molar-refractivity contribution in [1.29, 1.82) is 0 Å². The van der Waals surface area contributed by atoms with Crippen LogP contribution in [0.2, 0.25) is 0 Å². The maximum atomic E-state index is 13.7. The number of esters is 1. The van der Waals surface area contributed by atoms with E-state index in [1.807, 2.05) is 129 Å². The fourth-order valence-corrected chi connectivity index (χ4v) is 5.19. The van der Waals surface area contributed by atoms with Crippen LogP contribution in [0.15, 0.2) is 115 Å². The van der Waals surface area contributed by atoms with Crippen LogP contribution in [0, 0.1) is 11.8 Å². The summed E-state index contributed by atoms with van der Waals surface area (Å²) in [6.07, 6.45) is 1.19. The highest BCUT2D eigenvalue weighted by atomic mass is 16.5. The van der Waals surface area contributed by atoms with Crippen molar-refractivity contribution in [3.8, 4) is 11.1 Å². The largest absolute Gasteiger partial charge is 0.481 e. The molecule has 0 saturated heterocycles. The molecule has 0 aliphatic carbocycles. The van der Waals surface area contributed by atoms with Crippen LogP contribution in [0.1, 0.15) is 37.0 Å². The smallest absolute Gasteiger partial charge is 0.329 e. The molecule has 0 fully saturated rings. The molecular weight excluding hydrogens is 564 g/mol. The molecule has 2 amide bonds. The quantitative estimate of drug-likeness (QED) is 0.142. The molecule has 0 aromatic heterocycles. The summed E-state index contributed by atoms with van der Waals surface area (Å²) in [6.45, 7) is 4.40. The molecule has 1 unspecified atom stereocenters. The number of carbonyl (C=O) groups excluding carboxylic acids is 2. The van der Waals surface area contributed by atoms with E-state index in [1.165, 1.54) is 4.90 Å². The van der Waals surface area contributed by atoms with E-state index >= 15 is 0 Å². The number of carbonyl (C=O) groups is 3. The van der Waals surface area contributed by atoms with Crippen LogP contribution in [0.4, 0.5) is 4.79 Å². The third-order valence-corrected chi connectivity index (χ3v) is 7.59. The third-order valence-electron chi connectivity index (χ3n) is 7.59. The highest BCUT2D eigenvalue weighted by Gasteiger charge is 2.29. The molecule has 0 aliphatic rings. The number of carboxylic acid groups (broad SMARTS) is 1. The van der Waals surface area contributed by atoms with Gasteiger partial charge >= 0.3 is 18.0 Å². The predicted molar refractivity (Wildman–Crippen MR) is 176 cm³/mol. The molecule has 4 aromatic carbocycles. The number of ether oxygens (including phenoxy) is 1. The minimum Gasteiger partial charge on any atom is -0.481 e. The van der Waals surface area contributed by atoms with Gasteiger partial charge in [-0.15, -0.1) is 0 Å². The third kappa shape index (κ3) is 10.6. The Morgan fingerprint density at radius 2 is 1.27 bits per heavy atom. The maximum Gasteiger partial charge on any atom is 0.329 e. The molecule has 2 N–H and O–H groups in total. The second-order valence-corrected chi connectivity index (χ2v) is 11.7. The van der Waals surface area contributed by atoms with Gasteiger partial charge in [-0.25, -0.2) is 9.59 Å². The van der Waals surface area contributed by atoms with Gasteiger partial charge in [-0.2, -0.15) is 0 Å². The number of hydrogen-bond donors (Lipinski definition) is 2. The van der Waals surface area contributed by atoms with Gasteiger partial charge in [-0.3, -0.25) is 4.79 Å². The SMILES string of the molecule is CC(C)CN(CC(CCc1ccccc1)C(=O)O)C(=O)N[C@@H](Cc1ccc(-c2ccccc2)cc1)C(=O)OCc1ccccc1. The number of aryl methyl sites for hydroxylation is 1.